The molecule has 2 N–H and O–H groups in total. The third kappa shape index (κ3) is 5.28. The van der Waals surface area contributed by atoms with Crippen molar-refractivity contribution in [2.45, 2.75) is 6.92 Å². The number of nitrogens with zero attached hydrogens (tertiary/aromatic N) is 2. The summed E-state index contributed by atoms with van der Waals surface area (Å²) in [5.41, 5.74) is 1.79. The van der Waals surface area contributed by atoms with E-state index in [0.29, 0.717) is 27.1 Å². The summed E-state index contributed by atoms with van der Waals surface area (Å²) in [4.78, 5) is 34.5. The second kappa shape index (κ2) is 10.3. The van der Waals surface area contributed by atoms with Gasteiger partial charge in [0.2, 0.25) is 0 Å². The van der Waals surface area contributed by atoms with Crippen LogP contribution in [0.1, 0.15) is 25.9 Å². The molecule has 0 bridgehead atoms. The van der Waals surface area contributed by atoms with E-state index in [1.54, 1.807) is 44.4 Å². The number of anilines is 2. The van der Waals surface area contributed by atoms with E-state index in [1.165, 1.54) is 36.8 Å². The molecule has 8 nitrogen and oxygen atoms in total. The Balaban J connectivity index is 1.58. The maximum Gasteiger partial charge on any atom is 0.274 e. The average molecular weight is 493 g/mol. The lowest BCUT2D eigenvalue weighted by Crippen LogP contribution is -2.17. The van der Waals surface area contributed by atoms with E-state index in [2.05, 4.69) is 20.6 Å². The number of benzene rings is 2. The van der Waals surface area contributed by atoms with Crippen molar-refractivity contribution < 1.29 is 23.5 Å². The molecule has 2 aromatic carbocycles. The van der Waals surface area contributed by atoms with Crippen LogP contribution in [-0.4, -0.2) is 36.0 Å². The van der Waals surface area contributed by atoms with Crippen LogP contribution in [0, 0.1) is 12.7 Å². The summed E-state index contributed by atoms with van der Waals surface area (Å²) in [5, 5.41) is 5.95. The van der Waals surface area contributed by atoms with Gasteiger partial charge < -0.3 is 20.1 Å². The lowest BCUT2D eigenvalue weighted by molar-refractivity contribution is 0.101. The number of aryl methyl sites for hydroxylation is 1. The van der Waals surface area contributed by atoms with Crippen LogP contribution in [0.4, 0.5) is 15.8 Å². The number of carbonyl (C=O) groups excluding carboxylic acids is 2. The topological polar surface area (TPSA) is 102 Å². The number of amides is 2. The Morgan fingerprint density at radius 2 is 1.69 bits per heavy atom. The lowest BCUT2D eigenvalue weighted by atomic mass is 10.2. The van der Waals surface area contributed by atoms with Crippen LogP contribution in [0.15, 0.2) is 60.8 Å². The largest absolute Gasteiger partial charge is 0.493 e. The maximum atomic E-state index is 14.0. The standard InChI is InChI=1S/C25H21FN4O4S/c1-14-22(35-25(28-14)15-7-10-20(33-2)21(12-15)34-3)24(32)30-19-13-16(26)8-9-17(19)29-23(31)18-6-4-5-11-27-18/h4-13H,1-3H3,(H,29,31)(H,30,32). The van der Waals surface area contributed by atoms with Gasteiger partial charge in [-0.3, -0.25) is 14.6 Å². The van der Waals surface area contributed by atoms with Gasteiger partial charge in [0.1, 0.15) is 21.4 Å². The first-order chi connectivity index (χ1) is 16.9. The van der Waals surface area contributed by atoms with Gasteiger partial charge in [-0.05, 0) is 55.5 Å². The number of pyridine rings is 1. The number of hydrogen-bond acceptors (Lipinski definition) is 7. The van der Waals surface area contributed by atoms with Crippen LogP contribution < -0.4 is 20.1 Å². The zero-order chi connectivity index (χ0) is 24.9. The minimum atomic E-state index is -0.567. The molecule has 2 amide bonds. The quantitative estimate of drug-likeness (QED) is 0.369. The highest BCUT2D eigenvalue weighted by Crippen LogP contribution is 2.35. The highest BCUT2D eigenvalue weighted by molar-refractivity contribution is 7.17. The van der Waals surface area contributed by atoms with Crippen molar-refractivity contribution in [3.05, 3.63) is 82.9 Å². The van der Waals surface area contributed by atoms with Crippen molar-refractivity contribution in [3.63, 3.8) is 0 Å². The van der Waals surface area contributed by atoms with Gasteiger partial charge in [0, 0.05) is 11.8 Å². The first-order valence-electron chi connectivity index (χ1n) is 10.4. The Bertz CT molecular complexity index is 1390. The highest BCUT2D eigenvalue weighted by atomic mass is 32.1. The van der Waals surface area contributed by atoms with Crippen LogP contribution in [0.3, 0.4) is 0 Å². The number of methoxy groups -OCH3 is 2. The third-order valence-electron chi connectivity index (χ3n) is 5.01. The molecule has 0 spiro atoms. The fraction of sp³-hybridized carbons (Fsp3) is 0.120. The average Bonchev–Trinajstić information content (AvgIpc) is 3.27. The zero-order valence-electron chi connectivity index (χ0n) is 19.1. The lowest BCUT2D eigenvalue weighted by Gasteiger charge is -2.12. The van der Waals surface area contributed by atoms with Crippen LogP contribution in [0.2, 0.25) is 0 Å². The molecule has 4 aromatic rings. The van der Waals surface area contributed by atoms with E-state index >= 15 is 0 Å². The van der Waals surface area contributed by atoms with E-state index in [1.807, 2.05) is 6.07 Å². The number of nitrogens with one attached hydrogen (secondary N) is 2. The molecule has 10 heteroatoms. The fourth-order valence-electron chi connectivity index (χ4n) is 3.29. The van der Waals surface area contributed by atoms with Crippen LogP contribution >= 0.6 is 11.3 Å². The minimum absolute atomic E-state index is 0.111. The number of halogens is 1. The normalized spacial score (nSPS) is 10.5. The van der Waals surface area contributed by atoms with Crippen LogP contribution in [0.5, 0.6) is 11.5 Å². The third-order valence-corrected chi connectivity index (χ3v) is 6.21. The zero-order valence-corrected chi connectivity index (χ0v) is 19.9. The number of aromatic nitrogens is 2. The van der Waals surface area contributed by atoms with Gasteiger partial charge in [0.15, 0.2) is 11.5 Å². The van der Waals surface area contributed by atoms with Crippen molar-refractivity contribution in [3.8, 4) is 22.1 Å². The smallest absolute Gasteiger partial charge is 0.274 e. The first kappa shape index (κ1) is 23.8. The van der Waals surface area contributed by atoms with Gasteiger partial charge in [0.25, 0.3) is 11.8 Å². The monoisotopic (exact) mass is 492 g/mol. The Morgan fingerprint density at radius 1 is 0.914 bits per heavy atom. The van der Waals surface area contributed by atoms with E-state index in [4.69, 9.17) is 9.47 Å². The first-order valence-corrected chi connectivity index (χ1v) is 11.2. The number of hydrogen-bond donors (Lipinski definition) is 2. The molecule has 0 unspecified atom stereocenters. The van der Waals surface area contributed by atoms with Crippen molar-refractivity contribution in [2.75, 3.05) is 24.9 Å². The van der Waals surface area contributed by atoms with Gasteiger partial charge in [-0.15, -0.1) is 11.3 Å². The highest BCUT2D eigenvalue weighted by Gasteiger charge is 2.20. The summed E-state index contributed by atoms with van der Waals surface area (Å²) < 4.78 is 24.6. The molecule has 0 aliphatic rings. The summed E-state index contributed by atoms with van der Waals surface area (Å²) in [5.74, 6) is -0.419. The van der Waals surface area contributed by atoms with Crippen LogP contribution in [-0.2, 0) is 0 Å². The predicted molar refractivity (Wildman–Crippen MR) is 132 cm³/mol. The Morgan fingerprint density at radius 3 is 2.40 bits per heavy atom. The molecule has 0 saturated carbocycles. The molecule has 2 heterocycles. The second-order valence-electron chi connectivity index (χ2n) is 7.32. The van der Waals surface area contributed by atoms with Crippen molar-refractivity contribution in [1.82, 2.24) is 9.97 Å². The maximum absolute atomic E-state index is 14.0. The van der Waals surface area contributed by atoms with Gasteiger partial charge in [-0.25, -0.2) is 9.37 Å². The van der Waals surface area contributed by atoms with Crippen molar-refractivity contribution >= 4 is 34.5 Å². The summed E-state index contributed by atoms with van der Waals surface area (Å²) >= 11 is 1.18. The van der Waals surface area contributed by atoms with Gasteiger partial charge >= 0.3 is 0 Å². The summed E-state index contributed by atoms with van der Waals surface area (Å²) in [6.45, 7) is 1.71. The molecule has 0 saturated heterocycles. The molecule has 0 radical (unpaired) electrons. The molecule has 0 atom stereocenters. The molecule has 178 valence electrons. The van der Waals surface area contributed by atoms with Gasteiger partial charge in [-0.2, -0.15) is 0 Å². The molecule has 0 aliphatic heterocycles. The molecular weight excluding hydrogens is 471 g/mol. The van der Waals surface area contributed by atoms with Crippen molar-refractivity contribution in [1.29, 1.82) is 0 Å². The summed E-state index contributed by atoms with van der Waals surface area (Å²) in [6.07, 6.45) is 1.49. The SMILES string of the molecule is COc1ccc(-c2nc(C)c(C(=O)Nc3cc(F)ccc3NC(=O)c3ccccn3)s2)cc1OC. The van der Waals surface area contributed by atoms with Gasteiger partial charge in [0.05, 0.1) is 31.3 Å². The second-order valence-corrected chi connectivity index (χ2v) is 8.32. The molecule has 0 fully saturated rings. The Hall–Kier alpha value is -4.31. The Labute approximate surface area is 204 Å². The predicted octanol–water partition coefficient (Wildman–Crippen LogP) is 5.17. The Kier molecular flexibility index (Phi) is 7.02. The van der Waals surface area contributed by atoms with Crippen LogP contribution in [0.25, 0.3) is 10.6 Å². The number of carbonyl (C=O) groups is 2. The van der Waals surface area contributed by atoms with E-state index in [0.717, 1.165) is 11.6 Å². The summed E-state index contributed by atoms with van der Waals surface area (Å²) in [6, 6.07) is 14.0. The fourth-order valence-corrected chi connectivity index (χ4v) is 4.25. The van der Waals surface area contributed by atoms with E-state index < -0.39 is 17.6 Å². The molecular formula is C25H21FN4O4S. The molecule has 2 aromatic heterocycles. The number of thiazole rings is 1. The molecule has 35 heavy (non-hydrogen) atoms. The summed E-state index contributed by atoms with van der Waals surface area (Å²) in [7, 11) is 3.09. The van der Waals surface area contributed by atoms with E-state index in [9.17, 15) is 14.0 Å². The molecule has 0 aliphatic carbocycles. The van der Waals surface area contributed by atoms with Gasteiger partial charge in [-0.1, -0.05) is 6.07 Å². The van der Waals surface area contributed by atoms with E-state index in [-0.39, 0.29) is 17.1 Å². The minimum Gasteiger partial charge on any atom is -0.493 e. The van der Waals surface area contributed by atoms with Crippen molar-refractivity contribution in [2.24, 2.45) is 0 Å². The number of rotatable bonds is 7. The number of ether oxygens (including phenoxy) is 2. The molecule has 4 rings (SSSR count).